The lowest BCUT2D eigenvalue weighted by atomic mass is 9.79. The molecule has 0 amide bonds. The molecule has 2 N–H and O–H groups in total. The van der Waals surface area contributed by atoms with Gasteiger partial charge in [-0.05, 0) is 43.6 Å². The minimum Gasteiger partial charge on any atom is -0.329 e. The molecule has 0 spiro atoms. The number of rotatable bonds is 3. The summed E-state index contributed by atoms with van der Waals surface area (Å²) >= 11 is 0. The van der Waals surface area contributed by atoms with E-state index in [1.165, 1.54) is 12.8 Å². The highest BCUT2D eigenvalue weighted by atomic mass is 15.2. The van der Waals surface area contributed by atoms with E-state index in [1.54, 1.807) is 0 Å². The van der Waals surface area contributed by atoms with Gasteiger partial charge < -0.3 is 5.73 Å². The molecule has 0 radical (unpaired) electrons. The van der Waals surface area contributed by atoms with Crippen LogP contribution in [-0.2, 0) is 0 Å². The van der Waals surface area contributed by atoms with Gasteiger partial charge in [0.25, 0.3) is 0 Å². The van der Waals surface area contributed by atoms with Gasteiger partial charge in [0.05, 0.1) is 0 Å². The number of likely N-dealkylation sites (N-methyl/N-ethyl adjacent to an activating group) is 1. The summed E-state index contributed by atoms with van der Waals surface area (Å²) in [5.41, 5.74) is 7.11. The van der Waals surface area contributed by atoms with Gasteiger partial charge in [-0.15, -0.1) is 0 Å². The summed E-state index contributed by atoms with van der Waals surface area (Å²) in [7, 11) is 2.28. The summed E-state index contributed by atoms with van der Waals surface area (Å²) in [5.74, 6) is 0.673. The predicted molar refractivity (Wildman–Crippen MR) is 80.6 cm³/mol. The highest BCUT2D eigenvalue weighted by Gasteiger charge is 2.51. The van der Waals surface area contributed by atoms with Crippen LogP contribution in [0.1, 0.15) is 61.3 Å². The smallest absolute Gasteiger partial charge is 0.0362 e. The molecule has 2 heteroatoms. The lowest BCUT2D eigenvalue weighted by Gasteiger charge is -2.49. The highest BCUT2D eigenvalue weighted by molar-refractivity contribution is 5.07. The van der Waals surface area contributed by atoms with Crippen molar-refractivity contribution in [2.24, 2.45) is 22.5 Å². The van der Waals surface area contributed by atoms with Gasteiger partial charge in [-0.3, -0.25) is 4.90 Å². The minimum absolute atomic E-state index is 0.177. The third-order valence-electron chi connectivity index (χ3n) is 5.45. The first-order valence-corrected chi connectivity index (χ1v) is 7.39. The Morgan fingerprint density at radius 3 is 2.11 bits per heavy atom. The molecule has 3 atom stereocenters. The van der Waals surface area contributed by atoms with Gasteiger partial charge in [0, 0.05) is 18.1 Å². The van der Waals surface area contributed by atoms with Gasteiger partial charge in [-0.1, -0.05) is 41.5 Å². The van der Waals surface area contributed by atoms with Crippen molar-refractivity contribution in [3.05, 3.63) is 0 Å². The van der Waals surface area contributed by atoms with E-state index >= 15 is 0 Å². The fourth-order valence-electron chi connectivity index (χ4n) is 3.95. The molecule has 0 aliphatic heterocycles. The second kappa shape index (κ2) is 4.79. The van der Waals surface area contributed by atoms with Crippen molar-refractivity contribution in [1.82, 2.24) is 4.90 Å². The summed E-state index contributed by atoms with van der Waals surface area (Å²) in [6.07, 6.45) is 2.50. The number of nitrogens with two attached hydrogens (primary N) is 1. The van der Waals surface area contributed by atoms with Crippen LogP contribution < -0.4 is 5.73 Å². The lowest BCUT2D eigenvalue weighted by molar-refractivity contribution is 0.00780. The number of hydrogen-bond donors (Lipinski definition) is 1. The average molecular weight is 254 g/mol. The summed E-state index contributed by atoms with van der Waals surface area (Å²) in [6, 6.07) is 0.539. The molecular weight excluding hydrogens is 220 g/mol. The molecule has 1 aliphatic rings. The number of nitrogens with zero attached hydrogens (tertiary/aromatic N) is 1. The molecule has 1 rings (SSSR count). The zero-order chi connectivity index (χ0) is 14.4. The Labute approximate surface area is 114 Å². The van der Waals surface area contributed by atoms with Crippen molar-refractivity contribution < 1.29 is 0 Å². The monoisotopic (exact) mass is 254 g/mol. The summed E-state index contributed by atoms with van der Waals surface area (Å²) < 4.78 is 0. The first-order chi connectivity index (χ1) is 7.96. The second-order valence-corrected chi connectivity index (χ2v) is 8.41. The molecule has 1 saturated carbocycles. The first kappa shape index (κ1) is 16.0. The molecule has 1 aliphatic carbocycles. The Kier molecular flexibility index (Phi) is 4.25. The van der Waals surface area contributed by atoms with E-state index in [2.05, 4.69) is 60.4 Å². The molecule has 2 nitrogen and oxygen atoms in total. The maximum Gasteiger partial charge on any atom is 0.0362 e. The first-order valence-electron chi connectivity index (χ1n) is 7.39. The normalized spacial score (nSPS) is 34.0. The highest BCUT2D eigenvalue weighted by Crippen LogP contribution is 2.50. The molecule has 1 fully saturated rings. The zero-order valence-electron chi connectivity index (χ0n) is 13.8. The van der Waals surface area contributed by atoms with E-state index in [4.69, 9.17) is 5.73 Å². The van der Waals surface area contributed by atoms with Crippen LogP contribution in [0.5, 0.6) is 0 Å². The van der Waals surface area contributed by atoms with Crippen molar-refractivity contribution in [3.63, 3.8) is 0 Å². The van der Waals surface area contributed by atoms with Crippen LogP contribution >= 0.6 is 0 Å². The predicted octanol–water partition coefficient (Wildman–Crippen LogP) is 3.51. The minimum atomic E-state index is 0.177. The third-order valence-corrected chi connectivity index (χ3v) is 5.45. The van der Waals surface area contributed by atoms with E-state index in [9.17, 15) is 0 Å². The zero-order valence-corrected chi connectivity index (χ0v) is 13.8. The molecule has 0 saturated heterocycles. The van der Waals surface area contributed by atoms with Crippen LogP contribution in [0, 0.1) is 16.7 Å². The van der Waals surface area contributed by atoms with E-state index in [0.29, 0.717) is 22.8 Å². The Morgan fingerprint density at radius 1 is 1.33 bits per heavy atom. The van der Waals surface area contributed by atoms with Crippen molar-refractivity contribution in [2.45, 2.75) is 72.9 Å². The summed E-state index contributed by atoms with van der Waals surface area (Å²) in [6.45, 7) is 17.2. The van der Waals surface area contributed by atoms with Gasteiger partial charge in [-0.2, -0.15) is 0 Å². The largest absolute Gasteiger partial charge is 0.329 e. The third kappa shape index (κ3) is 2.75. The molecular formula is C16H34N2. The second-order valence-electron chi connectivity index (χ2n) is 8.41. The van der Waals surface area contributed by atoms with E-state index < -0.39 is 0 Å². The van der Waals surface area contributed by atoms with Crippen molar-refractivity contribution in [2.75, 3.05) is 13.6 Å². The van der Waals surface area contributed by atoms with E-state index in [-0.39, 0.29) is 5.54 Å². The van der Waals surface area contributed by atoms with Crippen LogP contribution in [0.15, 0.2) is 0 Å². The van der Waals surface area contributed by atoms with Gasteiger partial charge in [0.2, 0.25) is 0 Å². The molecule has 18 heavy (non-hydrogen) atoms. The fraction of sp³-hybridized carbons (Fsp3) is 1.00. The van der Waals surface area contributed by atoms with Crippen LogP contribution in [0.2, 0.25) is 0 Å². The van der Waals surface area contributed by atoms with Crippen LogP contribution in [0.4, 0.5) is 0 Å². The maximum absolute atomic E-state index is 6.22. The summed E-state index contributed by atoms with van der Waals surface area (Å²) in [5, 5.41) is 0. The van der Waals surface area contributed by atoms with Gasteiger partial charge in [-0.25, -0.2) is 0 Å². The molecule has 108 valence electrons. The SMILES string of the molecule is CC(N(C)C1(CN)CC(C)(C)CC1C)C(C)(C)C. The van der Waals surface area contributed by atoms with Crippen molar-refractivity contribution >= 4 is 0 Å². The van der Waals surface area contributed by atoms with Gasteiger partial charge >= 0.3 is 0 Å². The van der Waals surface area contributed by atoms with E-state index in [0.717, 1.165) is 6.54 Å². The van der Waals surface area contributed by atoms with Crippen LogP contribution in [-0.4, -0.2) is 30.1 Å². The Morgan fingerprint density at radius 2 is 1.83 bits per heavy atom. The van der Waals surface area contributed by atoms with Crippen molar-refractivity contribution in [1.29, 1.82) is 0 Å². The Hall–Kier alpha value is -0.0800. The fourth-order valence-corrected chi connectivity index (χ4v) is 3.95. The van der Waals surface area contributed by atoms with Crippen LogP contribution in [0.25, 0.3) is 0 Å². The van der Waals surface area contributed by atoms with E-state index in [1.807, 2.05) is 0 Å². The standard InChI is InChI=1S/C16H34N2/c1-12-9-15(6,7)10-16(12,11-17)18(8)13(2)14(3,4)5/h12-13H,9-11,17H2,1-8H3. The molecule has 0 aromatic heterocycles. The topological polar surface area (TPSA) is 29.3 Å². The number of hydrogen-bond acceptors (Lipinski definition) is 2. The average Bonchev–Trinajstić information content (AvgIpc) is 2.45. The summed E-state index contributed by atoms with van der Waals surface area (Å²) in [4.78, 5) is 2.58. The Balaban J connectivity index is 3.03. The lowest BCUT2D eigenvalue weighted by Crippen LogP contribution is -2.59. The van der Waals surface area contributed by atoms with Gasteiger partial charge in [0.15, 0.2) is 0 Å². The molecule has 0 bridgehead atoms. The molecule has 0 aromatic rings. The maximum atomic E-state index is 6.22. The quantitative estimate of drug-likeness (QED) is 0.835. The van der Waals surface area contributed by atoms with Crippen LogP contribution in [0.3, 0.4) is 0 Å². The Bertz CT molecular complexity index is 290. The van der Waals surface area contributed by atoms with Gasteiger partial charge in [0.1, 0.15) is 0 Å². The van der Waals surface area contributed by atoms with Crippen molar-refractivity contribution in [3.8, 4) is 0 Å². The molecule has 3 unspecified atom stereocenters. The molecule has 0 heterocycles. The molecule has 0 aromatic carbocycles.